The van der Waals surface area contributed by atoms with Crippen LogP contribution < -0.4 is 0 Å². The molecular formula is C23H47O5P. The third-order valence-corrected chi connectivity index (χ3v) is 6.89. The number of hydrogen-bond acceptors (Lipinski definition) is 5. The smallest absolute Gasteiger partial charge is 0.332 e. The van der Waals surface area contributed by atoms with Crippen molar-refractivity contribution in [3.8, 4) is 0 Å². The summed E-state index contributed by atoms with van der Waals surface area (Å²) in [5, 5.41) is 18.6. The van der Waals surface area contributed by atoms with Crippen LogP contribution in [0.5, 0.6) is 0 Å². The van der Waals surface area contributed by atoms with E-state index in [-0.39, 0.29) is 13.2 Å². The fraction of sp³-hybridized carbons (Fsp3) is 1.00. The zero-order valence-electron chi connectivity index (χ0n) is 18.9. The Kier molecular flexibility index (Phi) is 17.8. The van der Waals surface area contributed by atoms with Crippen LogP contribution in [0.1, 0.15) is 110 Å². The number of aliphatic hydroxyl groups excluding tert-OH is 2. The summed E-state index contributed by atoms with van der Waals surface area (Å²) >= 11 is 0. The van der Waals surface area contributed by atoms with Crippen LogP contribution in [-0.4, -0.2) is 43.2 Å². The number of hydrogen-bond donors (Lipinski definition) is 2. The Labute approximate surface area is 180 Å². The van der Waals surface area contributed by atoms with E-state index in [2.05, 4.69) is 6.92 Å². The van der Waals surface area contributed by atoms with Crippen molar-refractivity contribution in [2.75, 3.05) is 33.0 Å². The van der Waals surface area contributed by atoms with Gasteiger partial charge < -0.3 is 23.8 Å². The van der Waals surface area contributed by atoms with Crippen LogP contribution >= 0.6 is 8.60 Å². The van der Waals surface area contributed by atoms with Crippen LogP contribution in [-0.2, 0) is 13.6 Å². The molecule has 1 rings (SSSR count). The lowest BCUT2D eigenvalue weighted by Crippen LogP contribution is -2.41. The minimum Gasteiger partial charge on any atom is -0.396 e. The highest BCUT2D eigenvalue weighted by molar-refractivity contribution is 7.41. The Balaban J connectivity index is 1.76. The van der Waals surface area contributed by atoms with Gasteiger partial charge in [0.15, 0.2) is 0 Å². The molecule has 6 heteroatoms. The summed E-state index contributed by atoms with van der Waals surface area (Å²) in [4.78, 5) is 0. The fourth-order valence-corrected chi connectivity index (χ4v) is 4.81. The van der Waals surface area contributed by atoms with E-state index in [1.54, 1.807) is 0 Å². The molecule has 0 unspecified atom stereocenters. The average molecular weight is 435 g/mol. The minimum absolute atomic E-state index is 0.133. The summed E-state index contributed by atoms with van der Waals surface area (Å²) in [7, 11) is -1.31. The molecule has 0 atom stereocenters. The minimum atomic E-state index is -1.31. The molecule has 1 fully saturated rings. The highest BCUT2D eigenvalue weighted by Crippen LogP contribution is 2.46. The fourth-order valence-electron chi connectivity index (χ4n) is 3.55. The lowest BCUT2D eigenvalue weighted by atomic mass is 9.93. The van der Waals surface area contributed by atoms with E-state index in [0.29, 0.717) is 19.8 Å². The Hall–Kier alpha value is 0.230. The predicted octanol–water partition coefficient (Wildman–Crippen LogP) is 6.51. The van der Waals surface area contributed by atoms with Crippen LogP contribution in [0.3, 0.4) is 0 Å². The number of rotatable bonds is 20. The molecule has 0 bridgehead atoms. The van der Waals surface area contributed by atoms with Gasteiger partial charge in [0, 0.05) is 0 Å². The summed E-state index contributed by atoms with van der Waals surface area (Å²) in [6, 6.07) is 0. The van der Waals surface area contributed by atoms with Crippen molar-refractivity contribution >= 4 is 8.60 Å². The molecular weight excluding hydrogens is 387 g/mol. The molecule has 0 saturated carbocycles. The maximum atomic E-state index is 9.31. The normalized spacial score (nSPS) is 17.1. The molecule has 1 aliphatic rings. The van der Waals surface area contributed by atoms with E-state index in [4.69, 9.17) is 13.6 Å². The van der Waals surface area contributed by atoms with Gasteiger partial charge in [-0.1, -0.05) is 103 Å². The van der Waals surface area contributed by atoms with Gasteiger partial charge in [0.25, 0.3) is 0 Å². The van der Waals surface area contributed by atoms with Gasteiger partial charge in [-0.25, -0.2) is 0 Å². The van der Waals surface area contributed by atoms with E-state index in [1.807, 2.05) is 0 Å². The SMILES string of the molecule is CCCCCCCCCCCCCCCCCCOP1OCC(CO)(CO)CO1. The van der Waals surface area contributed by atoms with E-state index in [1.165, 1.54) is 96.3 Å². The molecule has 0 aromatic heterocycles. The standard InChI is InChI=1S/C23H47O5P/c1-2-3-4-5-6-7-8-9-10-11-12-13-14-15-16-17-18-26-29-27-21-23(19-24,20-25)22-28-29/h24-25H,2-22H2,1H3. The van der Waals surface area contributed by atoms with Gasteiger partial charge in [-0.2, -0.15) is 0 Å². The largest absolute Gasteiger partial charge is 0.396 e. The van der Waals surface area contributed by atoms with Gasteiger partial charge >= 0.3 is 8.60 Å². The topological polar surface area (TPSA) is 68.2 Å². The second-order valence-electron chi connectivity index (χ2n) is 8.72. The average Bonchev–Trinajstić information content (AvgIpc) is 2.76. The molecule has 1 saturated heterocycles. The van der Waals surface area contributed by atoms with Gasteiger partial charge in [-0.15, -0.1) is 0 Å². The van der Waals surface area contributed by atoms with Crippen LogP contribution in [0.25, 0.3) is 0 Å². The van der Waals surface area contributed by atoms with Gasteiger partial charge in [-0.05, 0) is 6.42 Å². The van der Waals surface area contributed by atoms with Crippen LogP contribution in [0.15, 0.2) is 0 Å². The van der Waals surface area contributed by atoms with E-state index in [0.717, 1.165) is 6.42 Å². The molecule has 5 nitrogen and oxygen atoms in total. The van der Waals surface area contributed by atoms with Crippen molar-refractivity contribution in [3.05, 3.63) is 0 Å². The molecule has 0 radical (unpaired) electrons. The van der Waals surface area contributed by atoms with Crippen molar-refractivity contribution in [2.24, 2.45) is 5.41 Å². The highest BCUT2D eigenvalue weighted by atomic mass is 31.2. The van der Waals surface area contributed by atoms with Gasteiger partial charge in [-0.3, -0.25) is 0 Å². The highest BCUT2D eigenvalue weighted by Gasteiger charge is 2.37. The Morgan fingerprint density at radius 1 is 0.655 bits per heavy atom. The quantitative estimate of drug-likeness (QED) is 0.169. The zero-order chi connectivity index (χ0) is 21.0. The molecule has 0 amide bonds. The summed E-state index contributed by atoms with van der Waals surface area (Å²) in [6.45, 7) is 3.27. The first-order chi connectivity index (χ1) is 14.3. The molecule has 1 heterocycles. The molecule has 1 aliphatic heterocycles. The van der Waals surface area contributed by atoms with Gasteiger partial charge in [0.1, 0.15) is 0 Å². The maximum Gasteiger partial charge on any atom is 0.332 e. The van der Waals surface area contributed by atoms with Crippen LogP contribution in [0.2, 0.25) is 0 Å². The lowest BCUT2D eigenvalue weighted by Gasteiger charge is -2.35. The van der Waals surface area contributed by atoms with E-state index in [9.17, 15) is 10.2 Å². The molecule has 0 aliphatic carbocycles. The van der Waals surface area contributed by atoms with Gasteiger partial charge in [0.05, 0.1) is 38.4 Å². The first-order valence-electron chi connectivity index (χ1n) is 12.2. The molecule has 174 valence electrons. The molecule has 0 aromatic carbocycles. The summed E-state index contributed by atoms with van der Waals surface area (Å²) in [6.07, 6.45) is 21.8. The first-order valence-corrected chi connectivity index (χ1v) is 13.3. The third kappa shape index (κ3) is 14.0. The third-order valence-electron chi connectivity index (χ3n) is 5.82. The van der Waals surface area contributed by atoms with Crippen molar-refractivity contribution < 1.29 is 23.8 Å². The van der Waals surface area contributed by atoms with Crippen molar-refractivity contribution in [2.45, 2.75) is 110 Å². The summed E-state index contributed by atoms with van der Waals surface area (Å²) in [5.41, 5.74) is -0.670. The molecule has 2 N–H and O–H groups in total. The summed E-state index contributed by atoms with van der Waals surface area (Å²) in [5.74, 6) is 0. The van der Waals surface area contributed by atoms with Crippen LogP contribution in [0, 0.1) is 5.41 Å². The molecule has 29 heavy (non-hydrogen) atoms. The van der Waals surface area contributed by atoms with Gasteiger partial charge in [0.2, 0.25) is 0 Å². The lowest BCUT2D eigenvalue weighted by molar-refractivity contribution is -0.0573. The number of unbranched alkanes of at least 4 members (excludes halogenated alkanes) is 15. The second kappa shape index (κ2) is 19.0. The first kappa shape index (κ1) is 27.3. The molecule has 0 spiro atoms. The Morgan fingerprint density at radius 2 is 1.03 bits per heavy atom. The predicted molar refractivity (Wildman–Crippen MR) is 121 cm³/mol. The van der Waals surface area contributed by atoms with Crippen molar-refractivity contribution in [1.29, 1.82) is 0 Å². The van der Waals surface area contributed by atoms with Crippen LogP contribution in [0.4, 0.5) is 0 Å². The van der Waals surface area contributed by atoms with Crippen molar-refractivity contribution in [1.82, 2.24) is 0 Å². The zero-order valence-corrected chi connectivity index (χ0v) is 19.8. The van der Waals surface area contributed by atoms with E-state index >= 15 is 0 Å². The molecule has 0 aromatic rings. The Morgan fingerprint density at radius 3 is 1.41 bits per heavy atom. The maximum absolute atomic E-state index is 9.31. The summed E-state index contributed by atoms with van der Waals surface area (Å²) < 4.78 is 16.7. The second-order valence-corrected chi connectivity index (χ2v) is 9.95. The number of aliphatic hydroxyl groups is 2. The van der Waals surface area contributed by atoms with Crippen molar-refractivity contribution in [3.63, 3.8) is 0 Å². The Bertz CT molecular complexity index is 342. The monoisotopic (exact) mass is 434 g/mol. The van der Waals surface area contributed by atoms with E-state index < -0.39 is 14.0 Å².